The summed E-state index contributed by atoms with van der Waals surface area (Å²) in [5, 5.41) is 3.38. The van der Waals surface area contributed by atoms with Crippen LogP contribution < -0.4 is 5.32 Å². The Hall–Kier alpha value is -0.860. The van der Waals surface area contributed by atoms with Crippen molar-refractivity contribution in [1.82, 2.24) is 5.32 Å². The third-order valence-corrected chi connectivity index (χ3v) is 2.94. The van der Waals surface area contributed by atoms with Gasteiger partial charge in [0.15, 0.2) is 0 Å². The predicted octanol–water partition coefficient (Wildman–Crippen LogP) is 3.27. The molecule has 0 aliphatic rings. The lowest BCUT2D eigenvalue weighted by Gasteiger charge is -2.24. The van der Waals surface area contributed by atoms with Crippen molar-refractivity contribution in [2.24, 2.45) is 5.41 Å². The summed E-state index contributed by atoms with van der Waals surface area (Å²) in [5.74, 6) is 0. The number of ether oxygens (including phenoxy) is 1. The van der Waals surface area contributed by atoms with Crippen molar-refractivity contribution in [1.29, 1.82) is 0 Å². The van der Waals surface area contributed by atoms with Crippen LogP contribution in [0.3, 0.4) is 0 Å². The topological polar surface area (TPSA) is 21.3 Å². The molecule has 2 nitrogen and oxygen atoms in total. The van der Waals surface area contributed by atoms with Crippen molar-refractivity contribution in [2.75, 3.05) is 26.3 Å². The Morgan fingerprint density at radius 1 is 1.17 bits per heavy atom. The summed E-state index contributed by atoms with van der Waals surface area (Å²) in [4.78, 5) is 0. The van der Waals surface area contributed by atoms with Crippen molar-refractivity contribution >= 4 is 0 Å². The molecule has 1 aromatic carbocycles. The van der Waals surface area contributed by atoms with Crippen LogP contribution in [0.5, 0.6) is 0 Å². The smallest absolute Gasteiger partial charge is 0.0529 e. The van der Waals surface area contributed by atoms with E-state index < -0.39 is 0 Å². The fourth-order valence-corrected chi connectivity index (χ4v) is 1.89. The van der Waals surface area contributed by atoms with Gasteiger partial charge in [-0.25, -0.2) is 0 Å². The normalized spacial score (nSPS) is 11.7. The molecule has 0 aliphatic heterocycles. The van der Waals surface area contributed by atoms with E-state index in [0.29, 0.717) is 0 Å². The van der Waals surface area contributed by atoms with Crippen LogP contribution in [0.2, 0.25) is 0 Å². The highest BCUT2D eigenvalue weighted by Crippen LogP contribution is 2.14. The molecule has 0 bridgehead atoms. The molecular weight excluding hydrogens is 222 g/mol. The summed E-state index contributed by atoms with van der Waals surface area (Å²) in [6.07, 6.45) is 2.20. The minimum Gasteiger partial charge on any atom is -0.381 e. The van der Waals surface area contributed by atoms with Crippen molar-refractivity contribution in [3.8, 4) is 0 Å². The van der Waals surface area contributed by atoms with E-state index in [1.165, 1.54) is 5.56 Å². The SMILES string of the molecule is CCNCC(C)(C)COCCCc1ccccc1. The first-order valence-electron chi connectivity index (χ1n) is 6.96. The third-order valence-electron chi connectivity index (χ3n) is 2.94. The highest BCUT2D eigenvalue weighted by molar-refractivity contribution is 5.14. The Labute approximate surface area is 112 Å². The van der Waals surface area contributed by atoms with Crippen LogP contribution >= 0.6 is 0 Å². The zero-order valence-electron chi connectivity index (χ0n) is 12.0. The Bertz CT molecular complexity index is 308. The predicted molar refractivity (Wildman–Crippen MR) is 77.9 cm³/mol. The average molecular weight is 249 g/mol. The summed E-state index contributed by atoms with van der Waals surface area (Å²) >= 11 is 0. The molecule has 0 saturated carbocycles. The Balaban J connectivity index is 2.08. The van der Waals surface area contributed by atoms with E-state index in [1.54, 1.807) is 0 Å². The fourth-order valence-electron chi connectivity index (χ4n) is 1.89. The van der Waals surface area contributed by atoms with Crippen molar-refractivity contribution in [2.45, 2.75) is 33.6 Å². The molecule has 0 heterocycles. The summed E-state index contributed by atoms with van der Waals surface area (Å²) in [5.41, 5.74) is 1.62. The van der Waals surface area contributed by atoms with Gasteiger partial charge in [0.25, 0.3) is 0 Å². The van der Waals surface area contributed by atoms with Crippen molar-refractivity contribution in [3.05, 3.63) is 35.9 Å². The van der Waals surface area contributed by atoms with E-state index in [-0.39, 0.29) is 5.41 Å². The standard InChI is InChI=1S/C16H27NO/c1-4-17-13-16(2,3)14-18-12-8-11-15-9-6-5-7-10-15/h5-7,9-10,17H,4,8,11-14H2,1-3H3. The summed E-state index contributed by atoms with van der Waals surface area (Å²) < 4.78 is 5.78. The molecular formula is C16H27NO. The first-order valence-corrected chi connectivity index (χ1v) is 6.96. The lowest BCUT2D eigenvalue weighted by molar-refractivity contribution is 0.0611. The molecule has 0 spiro atoms. The summed E-state index contributed by atoms with van der Waals surface area (Å²) in [6.45, 7) is 10.3. The van der Waals surface area contributed by atoms with E-state index in [2.05, 4.69) is 56.4 Å². The molecule has 0 amide bonds. The van der Waals surface area contributed by atoms with Gasteiger partial charge in [-0.15, -0.1) is 0 Å². The van der Waals surface area contributed by atoms with Crippen LogP contribution in [0, 0.1) is 5.41 Å². The van der Waals surface area contributed by atoms with Crippen molar-refractivity contribution < 1.29 is 4.74 Å². The second-order valence-corrected chi connectivity index (χ2v) is 5.59. The maximum atomic E-state index is 5.78. The zero-order valence-corrected chi connectivity index (χ0v) is 12.0. The van der Waals surface area contributed by atoms with Gasteiger partial charge >= 0.3 is 0 Å². The molecule has 102 valence electrons. The van der Waals surface area contributed by atoms with E-state index in [0.717, 1.165) is 39.1 Å². The maximum absolute atomic E-state index is 5.78. The molecule has 0 unspecified atom stereocenters. The number of nitrogens with one attached hydrogen (secondary N) is 1. The molecule has 1 rings (SSSR count). The number of aryl methyl sites for hydroxylation is 1. The van der Waals surface area contributed by atoms with Gasteiger partial charge in [0.05, 0.1) is 6.61 Å². The number of benzene rings is 1. The number of rotatable bonds is 9. The second-order valence-electron chi connectivity index (χ2n) is 5.59. The van der Waals surface area contributed by atoms with Crippen molar-refractivity contribution in [3.63, 3.8) is 0 Å². The fraction of sp³-hybridized carbons (Fsp3) is 0.625. The van der Waals surface area contributed by atoms with E-state index in [4.69, 9.17) is 4.74 Å². The first kappa shape index (κ1) is 15.2. The largest absolute Gasteiger partial charge is 0.381 e. The van der Waals surface area contributed by atoms with E-state index in [9.17, 15) is 0 Å². The average Bonchev–Trinajstić information content (AvgIpc) is 2.37. The van der Waals surface area contributed by atoms with Crippen LogP contribution in [-0.2, 0) is 11.2 Å². The van der Waals surface area contributed by atoms with Gasteiger partial charge in [-0.3, -0.25) is 0 Å². The summed E-state index contributed by atoms with van der Waals surface area (Å²) in [7, 11) is 0. The number of hydrogen-bond donors (Lipinski definition) is 1. The molecule has 0 aromatic heterocycles. The van der Waals surface area contributed by atoms with E-state index >= 15 is 0 Å². The zero-order chi connectivity index (χ0) is 13.3. The van der Waals surface area contributed by atoms with Crippen LogP contribution in [0.1, 0.15) is 32.8 Å². The van der Waals surface area contributed by atoms with Gasteiger partial charge in [0, 0.05) is 18.6 Å². The first-order chi connectivity index (χ1) is 8.64. The maximum Gasteiger partial charge on any atom is 0.0529 e. The molecule has 0 radical (unpaired) electrons. The van der Waals surface area contributed by atoms with Gasteiger partial charge < -0.3 is 10.1 Å². The molecule has 1 aromatic rings. The Morgan fingerprint density at radius 2 is 1.89 bits per heavy atom. The Morgan fingerprint density at radius 3 is 2.56 bits per heavy atom. The van der Waals surface area contributed by atoms with Crippen LogP contribution in [0.4, 0.5) is 0 Å². The lowest BCUT2D eigenvalue weighted by atomic mass is 9.95. The van der Waals surface area contributed by atoms with Crippen LogP contribution in [0.25, 0.3) is 0 Å². The second kappa shape index (κ2) is 8.28. The molecule has 0 aliphatic carbocycles. The number of hydrogen-bond acceptors (Lipinski definition) is 2. The molecule has 1 N–H and O–H groups in total. The lowest BCUT2D eigenvalue weighted by Crippen LogP contribution is -2.33. The molecule has 2 heteroatoms. The third kappa shape index (κ3) is 6.77. The molecule has 18 heavy (non-hydrogen) atoms. The highest BCUT2D eigenvalue weighted by atomic mass is 16.5. The minimum absolute atomic E-state index is 0.225. The summed E-state index contributed by atoms with van der Waals surface area (Å²) in [6, 6.07) is 10.6. The quantitative estimate of drug-likeness (QED) is 0.678. The highest BCUT2D eigenvalue weighted by Gasteiger charge is 2.16. The molecule has 0 fully saturated rings. The minimum atomic E-state index is 0.225. The molecule has 0 atom stereocenters. The van der Waals surface area contributed by atoms with Crippen LogP contribution in [0.15, 0.2) is 30.3 Å². The Kier molecular flexibility index (Phi) is 6.99. The molecule has 0 saturated heterocycles. The monoisotopic (exact) mass is 249 g/mol. The van der Waals surface area contributed by atoms with Gasteiger partial charge in [0.2, 0.25) is 0 Å². The van der Waals surface area contributed by atoms with Gasteiger partial charge in [-0.05, 0) is 24.9 Å². The van der Waals surface area contributed by atoms with E-state index in [1.807, 2.05) is 0 Å². The van der Waals surface area contributed by atoms with Gasteiger partial charge in [0.1, 0.15) is 0 Å². The van der Waals surface area contributed by atoms with Crippen LogP contribution in [-0.4, -0.2) is 26.3 Å². The van der Waals surface area contributed by atoms with Gasteiger partial charge in [-0.2, -0.15) is 0 Å². The van der Waals surface area contributed by atoms with Gasteiger partial charge in [-0.1, -0.05) is 51.1 Å².